The van der Waals surface area contributed by atoms with Gasteiger partial charge in [0.05, 0.1) is 5.69 Å². The largest absolute Gasteiger partial charge is 0.375 e. The summed E-state index contributed by atoms with van der Waals surface area (Å²) in [6.45, 7) is 2.19. The molecule has 0 saturated heterocycles. The lowest BCUT2D eigenvalue weighted by Crippen LogP contribution is -2.42. The van der Waals surface area contributed by atoms with Gasteiger partial charge in [0.2, 0.25) is 0 Å². The summed E-state index contributed by atoms with van der Waals surface area (Å²) < 4.78 is 0. The molecule has 27 heavy (non-hydrogen) atoms. The fourth-order valence-electron chi connectivity index (χ4n) is 3.88. The lowest BCUT2D eigenvalue weighted by Gasteiger charge is -2.22. The molecule has 0 aliphatic carbocycles. The van der Waals surface area contributed by atoms with Crippen molar-refractivity contribution >= 4 is 28.3 Å². The Kier molecular flexibility index (Phi) is 4.32. The van der Waals surface area contributed by atoms with Crippen molar-refractivity contribution in [3.8, 4) is 0 Å². The van der Waals surface area contributed by atoms with Crippen molar-refractivity contribution in [2.24, 2.45) is 0 Å². The Labute approximate surface area is 157 Å². The molecule has 138 valence electrons. The number of aromatic nitrogens is 1. The number of H-pyrrole nitrogens is 1. The number of anilines is 1. The summed E-state index contributed by atoms with van der Waals surface area (Å²) in [6, 6.07) is 15.2. The van der Waals surface area contributed by atoms with E-state index in [2.05, 4.69) is 11.1 Å². The smallest absolute Gasteiger partial charge is 0.264 e. The molecule has 1 amide bonds. The van der Waals surface area contributed by atoms with Gasteiger partial charge in [-0.15, -0.1) is 0 Å². The topological polar surface area (TPSA) is 73.4 Å². The maximum atomic E-state index is 13.1. The molecule has 0 radical (unpaired) electrons. The molecule has 3 aromatic rings. The van der Waals surface area contributed by atoms with Crippen LogP contribution in [0.3, 0.4) is 0 Å². The molecule has 1 aliphatic rings. The summed E-state index contributed by atoms with van der Waals surface area (Å²) >= 11 is 0. The highest BCUT2D eigenvalue weighted by atomic mass is 16.3. The molecule has 0 spiro atoms. The zero-order valence-electron chi connectivity index (χ0n) is 15.2. The van der Waals surface area contributed by atoms with Gasteiger partial charge in [-0.3, -0.25) is 9.59 Å². The van der Waals surface area contributed by atoms with Gasteiger partial charge in [0.15, 0.2) is 5.60 Å². The normalized spacial score (nSPS) is 18.9. The third-order valence-electron chi connectivity index (χ3n) is 5.37. The predicted molar refractivity (Wildman–Crippen MR) is 105 cm³/mol. The Morgan fingerprint density at radius 2 is 1.89 bits per heavy atom. The Hall–Kier alpha value is -2.92. The second kappa shape index (κ2) is 6.67. The quantitative estimate of drug-likeness (QED) is 0.706. The van der Waals surface area contributed by atoms with Crippen LogP contribution in [0, 0.1) is 0 Å². The number of rotatable bonds is 6. The molecule has 0 saturated carbocycles. The van der Waals surface area contributed by atoms with E-state index in [0.29, 0.717) is 30.6 Å². The Morgan fingerprint density at radius 3 is 2.70 bits per heavy atom. The van der Waals surface area contributed by atoms with Crippen molar-refractivity contribution < 1.29 is 14.7 Å². The number of nitrogens with one attached hydrogen (secondary N) is 1. The predicted octanol–water partition coefficient (Wildman–Crippen LogP) is 3.31. The van der Waals surface area contributed by atoms with Crippen LogP contribution in [-0.2, 0) is 21.6 Å². The Morgan fingerprint density at radius 1 is 1.15 bits per heavy atom. The minimum atomic E-state index is -1.76. The number of carbonyl (C=O) groups is 2. The molecule has 1 atom stereocenters. The maximum absolute atomic E-state index is 13.1. The van der Waals surface area contributed by atoms with Crippen molar-refractivity contribution in [2.45, 2.75) is 31.8 Å². The van der Waals surface area contributed by atoms with Crippen LogP contribution < -0.4 is 4.90 Å². The van der Waals surface area contributed by atoms with E-state index in [0.717, 1.165) is 16.5 Å². The number of nitrogens with zero attached hydrogens (tertiary/aromatic N) is 1. The van der Waals surface area contributed by atoms with Crippen LogP contribution in [0.5, 0.6) is 0 Å². The van der Waals surface area contributed by atoms with E-state index in [9.17, 15) is 14.7 Å². The zero-order chi connectivity index (χ0) is 19.0. The number of benzene rings is 2. The highest BCUT2D eigenvalue weighted by Gasteiger charge is 2.50. The van der Waals surface area contributed by atoms with E-state index in [-0.39, 0.29) is 12.2 Å². The van der Waals surface area contributed by atoms with Gasteiger partial charge >= 0.3 is 0 Å². The van der Waals surface area contributed by atoms with Gasteiger partial charge in [-0.1, -0.05) is 43.3 Å². The highest BCUT2D eigenvalue weighted by molar-refractivity contribution is 6.08. The van der Waals surface area contributed by atoms with Crippen molar-refractivity contribution in [3.63, 3.8) is 0 Å². The van der Waals surface area contributed by atoms with Crippen molar-refractivity contribution in [1.29, 1.82) is 0 Å². The molecule has 1 unspecified atom stereocenters. The molecule has 4 rings (SSSR count). The van der Waals surface area contributed by atoms with Gasteiger partial charge in [-0.05, 0) is 24.1 Å². The van der Waals surface area contributed by atoms with Crippen molar-refractivity contribution in [1.82, 2.24) is 4.98 Å². The number of carbonyl (C=O) groups excluding carboxylic acids is 2. The number of Topliss-reactive ketones (excluding diaryl/α,β-unsaturated/α-hetero) is 1. The molecule has 5 nitrogen and oxygen atoms in total. The fraction of sp³-hybridized carbons (Fsp3) is 0.273. The maximum Gasteiger partial charge on any atom is 0.264 e. The summed E-state index contributed by atoms with van der Waals surface area (Å²) in [6.07, 6.45) is 2.74. The lowest BCUT2D eigenvalue weighted by molar-refractivity contribution is -0.141. The van der Waals surface area contributed by atoms with Crippen LogP contribution in [0.15, 0.2) is 54.7 Å². The average Bonchev–Trinajstić information content (AvgIpc) is 3.19. The van der Waals surface area contributed by atoms with E-state index in [1.54, 1.807) is 24.0 Å². The van der Waals surface area contributed by atoms with Gasteiger partial charge in [0, 0.05) is 42.0 Å². The first-order chi connectivity index (χ1) is 13.0. The molecule has 1 aliphatic heterocycles. The van der Waals surface area contributed by atoms with Crippen molar-refractivity contribution in [2.75, 3.05) is 11.4 Å². The van der Waals surface area contributed by atoms with Crippen LogP contribution in [0.2, 0.25) is 0 Å². The molecule has 0 bridgehead atoms. The van der Waals surface area contributed by atoms with Gasteiger partial charge in [0.25, 0.3) is 5.91 Å². The average molecular weight is 362 g/mol. The number of fused-ring (bicyclic) bond motifs is 2. The van der Waals surface area contributed by atoms with E-state index >= 15 is 0 Å². The minimum absolute atomic E-state index is 0.126. The minimum Gasteiger partial charge on any atom is -0.375 e. The second-order valence-corrected chi connectivity index (χ2v) is 7.01. The third-order valence-corrected chi connectivity index (χ3v) is 5.37. The molecule has 2 heterocycles. The summed E-state index contributed by atoms with van der Waals surface area (Å²) in [4.78, 5) is 29.9. The molecular formula is C22H22N2O3. The molecule has 2 N–H and O–H groups in total. The fourth-order valence-corrected chi connectivity index (χ4v) is 3.88. The SMILES string of the molecule is CCC(=O)CC1(O)C(=O)N(CCc2c[nH]c3ccccc23)c2ccccc21. The number of ketones is 1. The number of hydrogen-bond acceptors (Lipinski definition) is 3. The molecule has 0 fully saturated rings. The van der Waals surface area contributed by atoms with E-state index < -0.39 is 11.5 Å². The molecule has 1 aromatic heterocycles. The van der Waals surface area contributed by atoms with Crippen LogP contribution in [0.25, 0.3) is 10.9 Å². The highest BCUT2D eigenvalue weighted by Crippen LogP contribution is 2.42. The van der Waals surface area contributed by atoms with Crippen molar-refractivity contribution in [3.05, 3.63) is 65.9 Å². The monoisotopic (exact) mass is 362 g/mol. The van der Waals surface area contributed by atoms with Gasteiger partial charge < -0.3 is 15.0 Å². The van der Waals surface area contributed by atoms with Crippen LogP contribution in [0.4, 0.5) is 5.69 Å². The lowest BCUT2D eigenvalue weighted by atomic mass is 9.89. The second-order valence-electron chi connectivity index (χ2n) is 7.01. The van der Waals surface area contributed by atoms with Gasteiger partial charge in [0.1, 0.15) is 5.78 Å². The summed E-state index contributed by atoms with van der Waals surface area (Å²) in [5, 5.41) is 12.2. The number of para-hydroxylation sites is 2. The third kappa shape index (κ3) is 2.84. The molecule has 5 heteroatoms. The van der Waals surface area contributed by atoms with Gasteiger partial charge in [-0.25, -0.2) is 0 Å². The Bertz CT molecular complexity index is 1020. The number of hydrogen-bond donors (Lipinski definition) is 2. The Balaban J connectivity index is 1.63. The van der Waals surface area contributed by atoms with E-state index in [4.69, 9.17) is 0 Å². The summed E-state index contributed by atoms with van der Waals surface area (Å²) in [5.74, 6) is -0.538. The standard InChI is InChI=1S/C22H22N2O3/c1-2-16(25)13-22(27)18-8-4-6-10-20(18)24(21(22)26)12-11-15-14-23-19-9-5-3-7-17(15)19/h3-10,14,23,27H,2,11-13H2,1H3. The summed E-state index contributed by atoms with van der Waals surface area (Å²) in [7, 11) is 0. The number of aliphatic hydroxyl groups is 1. The van der Waals surface area contributed by atoms with Crippen LogP contribution >= 0.6 is 0 Å². The van der Waals surface area contributed by atoms with E-state index in [1.807, 2.05) is 36.5 Å². The van der Waals surface area contributed by atoms with Gasteiger partial charge in [-0.2, -0.15) is 0 Å². The van der Waals surface area contributed by atoms with Crippen LogP contribution in [0.1, 0.15) is 30.9 Å². The molecular weight excluding hydrogens is 340 g/mol. The first-order valence-electron chi connectivity index (χ1n) is 9.25. The first-order valence-corrected chi connectivity index (χ1v) is 9.25. The number of aromatic amines is 1. The van der Waals surface area contributed by atoms with E-state index in [1.165, 1.54) is 0 Å². The summed E-state index contributed by atoms with van der Waals surface area (Å²) in [5.41, 5.74) is 1.63. The number of amides is 1. The molecule has 2 aromatic carbocycles. The first kappa shape index (κ1) is 17.5. The van der Waals surface area contributed by atoms with Crippen LogP contribution in [-0.4, -0.2) is 28.3 Å². The zero-order valence-corrected chi connectivity index (χ0v) is 15.2.